The molecule has 0 atom stereocenters. The number of halogens is 3. The van der Waals surface area contributed by atoms with Crippen LogP contribution in [0.4, 0.5) is 13.2 Å². The first-order valence-electron chi connectivity index (χ1n) is 5.26. The van der Waals surface area contributed by atoms with E-state index in [-0.39, 0.29) is 5.91 Å². The van der Waals surface area contributed by atoms with E-state index in [9.17, 15) is 18.0 Å². The number of carbonyl (C=O) groups excluding carboxylic acids is 1. The van der Waals surface area contributed by atoms with Crippen molar-refractivity contribution < 1.29 is 32.6 Å². The summed E-state index contributed by atoms with van der Waals surface area (Å²) in [5.41, 5.74) is 0.617. The van der Waals surface area contributed by atoms with Crippen LogP contribution in [0.3, 0.4) is 0 Å². The van der Waals surface area contributed by atoms with E-state index in [2.05, 4.69) is 10.3 Å². The molecule has 1 rings (SSSR count). The van der Waals surface area contributed by atoms with Crippen molar-refractivity contribution in [3.63, 3.8) is 0 Å². The van der Waals surface area contributed by atoms with Crippen LogP contribution in [0.1, 0.15) is 10.4 Å². The lowest BCUT2D eigenvalue weighted by Gasteiger charge is -2.03. The van der Waals surface area contributed by atoms with Crippen LogP contribution in [0, 0.1) is 0 Å². The maximum Gasteiger partial charge on any atom is 0.490 e. The molecule has 2 N–H and O–H groups in total. The molecule has 0 aliphatic carbocycles. The summed E-state index contributed by atoms with van der Waals surface area (Å²) in [4.78, 5) is 24.0. The average Bonchev–Trinajstić information content (AvgIpc) is 2.39. The van der Waals surface area contributed by atoms with Crippen LogP contribution in [-0.4, -0.2) is 48.4 Å². The predicted octanol–water partition coefficient (Wildman–Crippen LogP) is 1.09. The normalized spacial score (nSPS) is 10.2. The van der Waals surface area contributed by atoms with Gasteiger partial charge in [0, 0.05) is 31.6 Å². The third-order valence-electron chi connectivity index (χ3n) is 1.78. The van der Waals surface area contributed by atoms with Gasteiger partial charge >= 0.3 is 12.1 Å². The quantitative estimate of drug-likeness (QED) is 0.812. The molecule has 0 fully saturated rings. The summed E-state index contributed by atoms with van der Waals surface area (Å²) in [7, 11) is 1.60. The molecule has 0 aliphatic heterocycles. The van der Waals surface area contributed by atoms with Crippen molar-refractivity contribution in [2.75, 3.05) is 20.3 Å². The van der Waals surface area contributed by atoms with Crippen LogP contribution in [0.5, 0.6) is 0 Å². The molecule has 0 aromatic carbocycles. The van der Waals surface area contributed by atoms with Gasteiger partial charge in [0.15, 0.2) is 0 Å². The number of rotatable bonds is 4. The van der Waals surface area contributed by atoms with Crippen molar-refractivity contribution in [1.82, 2.24) is 10.3 Å². The Morgan fingerprint density at radius 3 is 2.25 bits per heavy atom. The number of amides is 1. The zero-order valence-corrected chi connectivity index (χ0v) is 10.5. The molecule has 1 heterocycles. The molecule has 0 unspecified atom stereocenters. The first-order valence-corrected chi connectivity index (χ1v) is 5.26. The van der Waals surface area contributed by atoms with Crippen LogP contribution in [0.15, 0.2) is 24.5 Å². The summed E-state index contributed by atoms with van der Waals surface area (Å²) in [5.74, 6) is -2.85. The third-order valence-corrected chi connectivity index (χ3v) is 1.78. The standard InChI is InChI=1S/C9H12N2O2.C2HF3O2/c1-13-7-6-11-9(12)8-2-4-10-5-3-8;3-2(4,5)1(6)7/h2-5H,6-7H2,1H3,(H,11,12);(H,6,7). The monoisotopic (exact) mass is 294 g/mol. The molecule has 0 saturated heterocycles. The second kappa shape index (κ2) is 8.86. The molecular weight excluding hydrogens is 281 g/mol. The van der Waals surface area contributed by atoms with Gasteiger partial charge in [0.05, 0.1) is 6.61 Å². The van der Waals surface area contributed by atoms with E-state index in [1.54, 1.807) is 31.6 Å². The summed E-state index contributed by atoms with van der Waals surface area (Å²) >= 11 is 0. The molecule has 20 heavy (non-hydrogen) atoms. The van der Waals surface area contributed by atoms with Crippen LogP contribution in [0.25, 0.3) is 0 Å². The minimum Gasteiger partial charge on any atom is -0.475 e. The number of aliphatic carboxylic acids is 1. The number of ether oxygens (including phenoxy) is 1. The minimum atomic E-state index is -5.08. The number of alkyl halides is 3. The molecule has 112 valence electrons. The zero-order chi connectivity index (χ0) is 15.6. The van der Waals surface area contributed by atoms with E-state index in [4.69, 9.17) is 14.6 Å². The molecule has 0 bridgehead atoms. The molecule has 0 aliphatic rings. The number of methoxy groups -OCH3 is 1. The van der Waals surface area contributed by atoms with Gasteiger partial charge in [0.2, 0.25) is 0 Å². The molecule has 6 nitrogen and oxygen atoms in total. The number of aromatic nitrogens is 1. The van der Waals surface area contributed by atoms with Crippen LogP contribution >= 0.6 is 0 Å². The van der Waals surface area contributed by atoms with E-state index in [1.165, 1.54) is 0 Å². The number of hydrogen-bond acceptors (Lipinski definition) is 4. The van der Waals surface area contributed by atoms with Crippen molar-refractivity contribution in [2.45, 2.75) is 6.18 Å². The predicted molar refractivity (Wildman–Crippen MR) is 62.1 cm³/mol. The number of hydrogen-bond donors (Lipinski definition) is 2. The van der Waals surface area contributed by atoms with Gasteiger partial charge < -0.3 is 15.2 Å². The molecule has 1 amide bonds. The van der Waals surface area contributed by atoms with Crippen molar-refractivity contribution in [3.05, 3.63) is 30.1 Å². The Labute approximate surface area is 112 Å². The smallest absolute Gasteiger partial charge is 0.475 e. The largest absolute Gasteiger partial charge is 0.490 e. The van der Waals surface area contributed by atoms with Crippen LogP contribution < -0.4 is 5.32 Å². The van der Waals surface area contributed by atoms with Crippen LogP contribution in [-0.2, 0) is 9.53 Å². The van der Waals surface area contributed by atoms with Crippen molar-refractivity contribution in [1.29, 1.82) is 0 Å². The molecule has 0 saturated carbocycles. The third kappa shape index (κ3) is 8.03. The maximum absolute atomic E-state index is 11.3. The Hall–Kier alpha value is -2.16. The summed E-state index contributed by atoms with van der Waals surface area (Å²) < 4.78 is 36.5. The second-order valence-corrected chi connectivity index (χ2v) is 3.29. The highest BCUT2D eigenvalue weighted by Gasteiger charge is 2.38. The van der Waals surface area contributed by atoms with Gasteiger partial charge in [0.25, 0.3) is 5.91 Å². The van der Waals surface area contributed by atoms with Gasteiger partial charge in [-0.05, 0) is 12.1 Å². The number of carboxylic acid groups (broad SMARTS) is 1. The number of pyridine rings is 1. The highest BCUT2D eigenvalue weighted by molar-refractivity contribution is 5.93. The lowest BCUT2D eigenvalue weighted by molar-refractivity contribution is -0.192. The van der Waals surface area contributed by atoms with Crippen molar-refractivity contribution >= 4 is 11.9 Å². The lowest BCUT2D eigenvalue weighted by atomic mass is 10.2. The number of carbonyl (C=O) groups is 2. The Kier molecular flexibility index (Phi) is 7.90. The molecule has 0 spiro atoms. The SMILES string of the molecule is COCCNC(=O)c1ccncc1.O=C(O)C(F)(F)F. The van der Waals surface area contributed by atoms with E-state index in [0.29, 0.717) is 18.7 Å². The maximum atomic E-state index is 11.3. The van der Waals surface area contributed by atoms with Gasteiger partial charge in [-0.2, -0.15) is 13.2 Å². The Bertz CT molecular complexity index is 423. The van der Waals surface area contributed by atoms with Gasteiger partial charge in [-0.1, -0.05) is 0 Å². The van der Waals surface area contributed by atoms with Gasteiger partial charge in [0.1, 0.15) is 0 Å². The first kappa shape index (κ1) is 17.8. The van der Waals surface area contributed by atoms with E-state index >= 15 is 0 Å². The first-order chi connectivity index (χ1) is 9.29. The summed E-state index contributed by atoms with van der Waals surface area (Å²) in [6.45, 7) is 1.05. The van der Waals surface area contributed by atoms with Gasteiger partial charge in [-0.3, -0.25) is 9.78 Å². The average molecular weight is 294 g/mol. The molecule has 1 aromatic rings. The fraction of sp³-hybridized carbons (Fsp3) is 0.364. The summed E-state index contributed by atoms with van der Waals surface area (Å²) in [6.07, 6.45) is -1.91. The van der Waals surface area contributed by atoms with E-state index in [0.717, 1.165) is 0 Å². The Balaban J connectivity index is 0.000000441. The fourth-order valence-corrected chi connectivity index (χ4v) is 0.872. The highest BCUT2D eigenvalue weighted by Crippen LogP contribution is 2.13. The topological polar surface area (TPSA) is 88.5 Å². The highest BCUT2D eigenvalue weighted by atomic mass is 19.4. The van der Waals surface area contributed by atoms with Gasteiger partial charge in [-0.25, -0.2) is 4.79 Å². The molecular formula is C11H13F3N2O4. The number of nitrogens with zero attached hydrogens (tertiary/aromatic N) is 1. The summed E-state index contributed by atoms with van der Waals surface area (Å²) in [6, 6.07) is 3.34. The lowest BCUT2D eigenvalue weighted by Crippen LogP contribution is -2.26. The second-order valence-electron chi connectivity index (χ2n) is 3.29. The van der Waals surface area contributed by atoms with Crippen molar-refractivity contribution in [2.24, 2.45) is 0 Å². The fourth-order valence-electron chi connectivity index (χ4n) is 0.872. The van der Waals surface area contributed by atoms with E-state index in [1.807, 2.05) is 0 Å². The zero-order valence-electron chi connectivity index (χ0n) is 10.5. The van der Waals surface area contributed by atoms with Gasteiger partial charge in [-0.15, -0.1) is 0 Å². The number of carboxylic acids is 1. The molecule has 0 radical (unpaired) electrons. The minimum absolute atomic E-state index is 0.0977. The molecule has 9 heteroatoms. The summed E-state index contributed by atoms with van der Waals surface area (Å²) in [5, 5.41) is 9.83. The number of nitrogens with one attached hydrogen (secondary N) is 1. The van der Waals surface area contributed by atoms with E-state index < -0.39 is 12.1 Å². The molecule has 1 aromatic heterocycles. The Morgan fingerprint density at radius 1 is 1.35 bits per heavy atom. The Morgan fingerprint density at radius 2 is 1.85 bits per heavy atom. The van der Waals surface area contributed by atoms with Crippen LogP contribution in [0.2, 0.25) is 0 Å². The van der Waals surface area contributed by atoms with Crippen molar-refractivity contribution in [3.8, 4) is 0 Å².